The van der Waals surface area contributed by atoms with Crippen LogP contribution in [0, 0.1) is 0 Å². The van der Waals surface area contributed by atoms with Crippen LogP contribution in [0.15, 0.2) is 48.5 Å². The van der Waals surface area contributed by atoms with Gasteiger partial charge in [0.2, 0.25) is 0 Å². The van der Waals surface area contributed by atoms with Crippen LogP contribution in [0.1, 0.15) is 43.7 Å². The number of carbonyl (C=O) groups excluding carboxylic acids is 1. The summed E-state index contributed by atoms with van der Waals surface area (Å²) < 4.78 is 4.81. The molecule has 1 saturated carbocycles. The summed E-state index contributed by atoms with van der Waals surface area (Å²) in [6, 6.07) is 16.0. The van der Waals surface area contributed by atoms with E-state index in [4.69, 9.17) is 9.90 Å². The number of rotatable bonds is 2. The Labute approximate surface area is 177 Å². The molecule has 6 nitrogen and oxygen atoms in total. The molecule has 29 heavy (non-hydrogen) atoms. The zero-order valence-corrected chi connectivity index (χ0v) is 17.5. The zero-order chi connectivity index (χ0) is 20.8. The first-order valence-electron chi connectivity index (χ1n) is 9.64. The zero-order valence-electron chi connectivity index (χ0n) is 16.3. The maximum absolute atomic E-state index is 10.1. The maximum atomic E-state index is 10.1. The van der Waals surface area contributed by atoms with E-state index in [9.17, 15) is 10.2 Å². The van der Waals surface area contributed by atoms with Crippen molar-refractivity contribution in [3.63, 3.8) is 0 Å². The standard InChI is InChI=1S/C20H22N2O2.C2H4O2.Cr/c23-19-11-5-1-7-15(19)13-21-17-9-3-4-10-18(17)22-14-16-8-2-6-12-20(16)24;1-2(3)4;/h1-2,5-8,11-14,17-18,23-24H,3-4,9-10H2;1H3,(H,3,4);/q;;+2/p-1. The van der Waals surface area contributed by atoms with Crippen LogP contribution in [0.2, 0.25) is 0 Å². The molecule has 2 N–H and O–H groups in total. The molecule has 1 heterocycles. The first-order chi connectivity index (χ1) is 14.0. The molecule has 152 valence electrons. The van der Waals surface area contributed by atoms with Gasteiger partial charge in [0, 0.05) is 5.97 Å². The third kappa shape index (κ3) is 5.47. The van der Waals surface area contributed by atoms with Crippen molar-refractivity contribution in [3.8, 4) is 11.5 Å². The molecule has 4 rings (SSSR count). The van der Waals surface area contributed by atoms with Gasteiger partial charge in [0.25, 0.3) is 0 Å². The summed E-state index contributed by atoms with van der Waals surface area (Å²) in [7, 11) is 0. The predicted molar refractivity (Wildman–Crippen MR) is 104 cm³/mol. The van der Waals surface area contributed by atoms with Gasteiger partial charge in [-0.1, -0.05) is 0 Å². The molecular weight excluding hydrogens is 408 g/mol. The molecule has 7 heteroatoms. The number of aliphatic carboxylic acids is 1. The molecule has 0 amide bonds. The average Bonchev–Trinajstić information content (AvgIpc) is 3.03. The number of carbonyl (C=O) groups is 1. The minimum atomic E-state index is -1.08. The molecule has 0 spiro atoms. The molecule has 2 aromatic rings. The van der Waals surface area contributed by atoms with Crippen molar-refractivity contribution in [2.75, 3.05) is 0 Å². The van der Waals surface area contributed by atoms with Crippen LogP contribution in [-0.4, -0.2) is 47.8 Å². The SMILES string of the molecule is CC(=O)[O-].Oc1ccccc1C=[N+]1[Cr][N+](=Cc2ccccc2O)C2CCCCC21. The fraction of sp³-hybridized carbons (Fsp3) is 0.318. The van der Waals surface area contributed by atoms with Crippen molar-refractivity contribution in [1.29, 1.82) is 0 Å². The number of nitrogens with zero attached hydrogens (tertiary/aromatic N) is 2. The molecule has 1 saturated heterocycles. The van der Waals surface area contributed by atoms with Gasteiger partial charge >= 0.3 is 154 Å². The second-order valence-electron chi connectivity index (χ2n) is 7.09. The van der Waals surface area contributed by atoms with Crippen molar-refractivity contribution in [1.82, 2.24) is 0 Å². The number of carboxylic acids is 1. The van der Waals surface area contributed by atoms with E-state index < -0.39 is 5.97 Å². The number of fused-ring (bicyclic) bond motifs is 1. The Balaban J connectivity index is 0.000000552. The van der Waals surface area contributed by atoms with E-state index in [-0.39, 0.29) is 15.7 Å². The number of phenols is 2. The molecule has 2 fully saturated rings. The van der Waals surface area contributed by atoms with Crippen molar-refractivity contribution >= 4 is 18.4 Å². The molecule has 0 aromatic heterocycles. The Morgan fingerprint density at radius 2 is 1.31 bits per heavy atom. The van der Waals surface area contributed by atoms with Gasteiger partial charge in [-0.2, -0.15) is 0 Å². The summed E-state index contributed by atoms with van der Waals surface area (Å²) in [4.78, 5) is 8.89. The van der Waals surface area contributed by atoms with E-state index in [0.29, 0.717) is 23.6 Å². The van der Waals surface area contributed by atoms with Gasteiger partial charge in [-0.3, -0.25) is 0 Å². The van der Waals surface area contributed by atoms with Crippen LogP contribution in [0.25, 0.3) is 0 Å². The quantitative estimate of drug-likeness (QED) is 0.754. The van der Waals surface area contributed by atoms with Gasteiger partial charge in [0.05, 0.1) is 0 Å². The van der Waals surface area contributed by atoms with Gasteiger partial charge in [0.15, 0.2) is 0 Å². The van der Waals surface area contributed by atoms with Gasteiger partial charge < -0.3 is 9.90 Å². The van der Waals surface area contributed by atoms with Crippen molar-refractivity contribution in [2.45, 2.75) is 44.7 Å². The number of benzene rings is 2. The van der Waals surface area contributed by atoms with Crippen LogP contribution in [-0.2, 0) is 20.5 Å². The minimum absolute atomic E-state index is 0.115. The topological polar surface area (TPSA) is 86.6 Å². The average molecular weight is 433 g/mol. The summed E-state index contributed by atoms with van der Waals surface area (Å²) in [5.74, 6) is -0.428. The van der Waals surface area contributed by atoms with E-state index >= 15 is 0 Å². The molecular formula is C22H25CrN2O4+. The Bertz CT molecular complexity index is 868. The van der Waals surface area contributed by atoms with Gasteiger partial charge in [-0.25, -0.2) is 0 Å². The second kappa shape index (κ2) is 9.73. The van der Waals surface area contributed by atoms with E-state index in [2.05, 4.69) is 19.5 Å². The summed E-state index contributed by atoms with van der Waals surface area (Å²) in [6.45, 7) is 0.972. The van der Waals surface area contributed by atoms with Crippen molar-refractivity contribution in [3.05, 3.63) is 59.7 Å². The predicted octanol–water partition coefficient (Wildman–Crippen LogP) is 1.65. The van der Waals surface area contributed by atoms with Gasteiger partial charge in [0.1, 0.15) is 0 Å². The Morgan fingerprint density at radius 1 is 0.931 bits per heavy atom. The fourth-order valence-corrected chi connectivity index (χ4v) is 5.61. The molecule has 1 aliphatic carbocycles. The Morgan fingerprint density at radius 3 is 1.69 bits per heavy atom. The summed E-state index contributed by atoms with van der Waals surface area (Å²) in [5, 5.41) is 29.1. The molecule has 0 bridgehead atoms. The molecule has 2 aromatic carbocycles. The number of carboxylic acid groups (broad SMARTS) is 1. The fourth-order valence-electron chi connectivity index (χ4n) is 3.62. The van der Waals surface area contributed by atoms with Crippen LogP contribution in [0.3, 0.4) is 0 Å². The summed E-state index contributed by atoms with van der Waals surface area (Å²) in [6.07, 6.45) is 9.09. The van der Waals surface area contributed by atoms with E-state index in [1.807, 2.05) is 36.4 Å². The number of hydrogen-bond acceptors (Lipinski definition) is 4. The van der Waals surface area contributed by atoms with E-state index in [0.717, 1.165) is 18.1 Å². The van der Waals surface area contributed by atoms with Crippen LogP contribution in [0.4, 0.5) is 0 Å². The third-order valence-electron chi connectivity index (χ3n) is 4.94. The van der Waals surface area contributed by atoms with Crippen molar-refractivity contribution in [2.24, 2.45) is 0 Å². The monoisotopic (exact) mass is 433 g/mol. The molecule has 0 radical (unpaired) electrons. The number of phenolic OH excluding ortho intramolecular Hbond substituents is 2. The Hall–Kier alpha value is -2.62. The summed E-state index contributed by atoms with van der Waals surface area (Å²) in [5.41, 5.74) is 1.75. The number of para-hydroxylation sites is 2. The molecule has 2 aliphatic rings. The Kier molecular flexibility index (Phi) is 7.08. The van der Waals surface area contributed by atoms with Crippen molar-refractivity contribution < 1.29 is 42.9 Å². The van der Waals surface area contributed by atoms with Crippen LogP contribution in [0.5, 0.6) is 11.5 Å². The number of hydrogen-bond donors (Lipinski definition) is 2. The van der Waals surface area contributed by atoms with Crippen LogP contribution < -0.4 is 5.11 Å². The van der Waals surface area contributed by atoms with Gasteiger partial charge in [-0.15, -0.1) is 0 Å². The first-order valence-corrected chi connectivity index (χ1v) is 10.8. The van der Waals surface area contributed by atoms with E-state index in [1.54, 1.807) is 12.1 Å². The van der Waals surface area contributed by atoms with Gasteiger partial charge in [-0.05, 0) is 6.92 Å². The molecule has 1 aliphatic heterocycles. The van der Waals surface area contributed by atoms with E-state index in [1.165, 1.54) is 25.7 Å². The second-order valence-corrected chi connectivity index (χ2v) is 8.66. The number of aromatic hydroxyl groups is 2. The van der Waals surface area contributed by atoms with Crippen LogP contribution >= 0.6 is 0 Å². The molecule has 2 atom stereocenters. The first kappa shape index (κ1) is 21.1. The molecule has 2 unspecified atom stereocenters. The summed E-state index contributed by atoms with van der Waals surface area (Å²) >= 11 is 0.115. The normalized spacial score (nSPS) is 23.3. The third-order valence-corrected chi connectivity index (χ3v) is 6.71.